The minimum absolute atomic E-state index is 0.271. The van der Waals surface area contributed by atoms with E-state index in [2.05, 4.69) is 9.97 Å². The lowest BCUT2D eigenvalue weighted by Crippen LogP contribution is -2.03. The minimum Gasteiger partial charge on any atom is -0.461 e. The van der Waals surface area contributed by atoms with Gasteiger partial charge in [0.05, 0.1) is 18.5 Å². The van der Waals surface area contributed by atoms with Gasteiger partial charge in [-0.3, -0.25) is 4.98 Å². The highest BCUT2D eigenvalue weighted by Crippen LogP contribution is 2.20. The van der Waals surface area contributed by atoms with Gasteiger partial charge in [-0.05, 0) is 19.1 Å². The molecule has 0 fully saturated rings. The molecule has 2 heterocycles. The molecule has 6 heteroatoms. The Bertz CT molecular complexity index is 525. The fourth-order valence-electron chi connectivity index (χ4n) is 1.21. The molecule has 0 saturated heterocycles. The summed E-state index contributed by atoms with van der Waals surface area (Å²) in [6.07, 6.45) is 1.11. The Morgan fingerprint density at radius 3 is 2.94 bits per heavy atom. The molecule has 0 aliphatic heterocycles. The van der Waals surface area contributed by atoms with E-state index < -0.39 is 11.8 Å². The lowest BCUT2D eigenvalue weighted by atomic mass is 10.3. The molecular formula is C11H9FN2O2S. The fourth-order valence-corrected chi connectivity index (χ4v) is 1.91. The van der Waals surface area contributed by atoms with Crippen molar-refractivity contribution in [2.75, 3.05) is 6.61 Å². The van der Waals surface area contributed by atoms with Gasteiger partial charge in [-0.15, -0.1) is 11.3 Å². The van der Waals surface area contributed by atoms with E-state index in [1.807, 2.05) is 0 Å². The molecule has 4 nitrogen and oxygen atoms in total. The summed E-state index contributed by atoms with van der Waals surface area (Å²) >= 11 is 1.18. The summed E-state index contributed by atoms with van der Waals surface area (Å²) in [6, 6.07) is 2.81. The Hall–Kier alpha value is -1.82. The molecule has 0 aliphatic carbocycles. The van der Waals surface area contributed by atoms with Crippen LogP contribution in [-0.4, -0.2) is 22.5 Å². The van der Waals surface area contributed by atoms with E-state index in [0.717, 1.165) is 6.20 Å². The normalized spacial score (nSPS) is 10.2. The molecule has 0 saturated carbocycles. The first-order chi connectivity index (χ1) is 8.20. The Morgan fingerprint density at radius 2 is 2.29 bits per heavy atom. The van der Waals surface area contributed by atoms with Crippen molar-refractivity contribution in [1.29, 1.82) is 0 Å². The van der Waals surface area contributed by atoms with Crippen LogP contribution in [0.2, 0.25) is 0 Å². The smallest absolute Gasteiger partial charge is 0.367 e. The van der Waals surface area contributed by atoms with Crippen molar-refractivity contribution in [2.45, 2.75) is 6.92 Å². The van der Waals surface area contributed by atoms with Gasteiger partial charge in [-0.25, -0.2) is 14.2 Å². The number of aromatic nitrogens is 2. The van der Waals surface area contributed by atoms with Crippen LogP contribution in [0.25, 0.3) is 11.4 Å². The van der Waals surface area contributed by atoms with E-state index in [-0.39, 0.29) is 5.01 Å². The second-order valence-corrected chi connectivity index (χ2v) is 3.98. The van der Waals surface area contributed by atoms with Crippen LogP contribution in [0, 0.1) is 5.82 Å². The minimum atomic E-state index is -0.453. The van der Waals surface area contributed by atoms with Gasteiger partial charge in [0.25, 0.3) is 0 Å². The van der Waals surface area contributed by atoms with E-state index in [1.165, 1.54) is 23.5 Å². The zero-order valence-corrected chi connectivity index (χ0v) is 9.83. The topological polar surface area (TPSA) is 52.1 Å². The highest BCUT2D eigenvalue weighted by Gasteiger charge is 2.13. The highest BCUT2D eigenvalue weighted by molar-refractivity contribution is 7.11. The van der Waals surface area contributed by atoms with E-state index in [0.29, 0.717) is 18.0 Å². The quantitative estimate of drug-likeness (QED) is 0.788. The molecule has 0 bridgehead atoms. The summed E-state index contributed by atoms with van der Waals surface area (Å²) in [4.78, 5) is 19.4. The average Bonchev–Trinajstić information content (AvgIpc) is 2.80. The molecule has 0 N–H and O–H groups in total. The lowest BCUT2D eigenvalue weighted by molar-refractivity contribution is 0.0526. The second-order valence-electron chi connectivity index (χ2n) is 3.12. The number of carbonyl (C=O) groups is 1. The van der Waals surface area contributed by atoms with Crippen molar-refractivity contribution < 1.29 is 13.9 Å². The third-order valence-electron chi connectivity index (χ3n) is 1.94. The third-order valence-corrected chi connectivity index (χ3v) is 2.77. The molecule has 0 amide bonds. The highest BCUT2D eigenvalue weighted by atomic mass is 32.1. The average molecular weight is 252 g/mol. The molecular weight excluding hydrogens is 243 g/mol. The number of pyridine rings is 1. The van der Waals surface area contributed by atoms with E-state index >= 15 is 0 Å². The maximum Gasteiger partial charge on any atom is 0.367 e. The van der Waals surface area contributed by atoms with Crippen LogP contribution in [0.4, 0.5) is 4.39 Å². The third kappa shape index (κ3) is 2.65. The standard InChI is InChI=1S/C11H9FN2O2S/c1-2-16-11(15)10-14-9(6-17-10)8-4-3-7(12)5-13-8/h3-6H,2H2,1H3. The molecule has 0 spiro atoms. The van der Waals surface area contributed by atoms with Gasteiger partial charge in [0, 0.05) is 5.38 Å². The van der Waals surface area contributed by atoms with Crippen LogP contribution in [-0.2, 0) is 4.74 Å². The molecule has 88 valence electrons. The summed E-state index contributed by atoms with van der Waals surface area (Å²) in [5.41, 5.74) is 1.07. The predicted molar refractivity (Wildman–Crippen MR) is 61.3 cm³/mol. The van der Waals surface area contributed by atoms with Gasteiger partial charge in [0.15, 0.2) is 0 Å². The van der Waals surface area contributed by atoms with Crippen molar-refractivity contribution in [1.82, 2.24) is 9.97 Å². The van der Waals surface area contributed by atoms with Crippen molar-refractivity contribution in [2.24, 2.45) is 0 Å². The predicted octanol–water partition coefficient (Wildman–Crippen LogP) is 2.52. The number of nitrogens with zero attached hydrogens (tertiary/aromatic N) is 2. The van der Waals surface area contributed by atoms with Crippen molar-refractivity contribution in [3.63, 3.8) is 0 Å². The molecule has 2 rings (SSSR count). The molecule has 0 unspecified atom stereocenters. The first kappa shape index (κ1) is 11.7. The maximum atomic E-state index is 12.7. The van der Waals surface area contributed by atoms with Crippen LogP contribution in [0.3, 0.4) is 0 Å². The largest absolute Gasteiger partial charge is 0.461 e. The summed E-state index contributed by atoms with van der Waals surface area (Å²) in [5, 5.41) is 1.96. The molecule has 0 radical (unpaired) electrons. The number of hydrogen-bond acceptors (Lipinski definition) is 5. The molecule has 17 heavy (non-hydrogen) atoms. The van der Waals surface area contributed by atoms with Gasteiger partial charge in [0.1, 0.15) is 11.5 Å². The summed E-state index contributed by atoms with van der Waals surface area (Å²) in [5.74, 6) is -0.861. The molecule has 0 atom stereocenters. The van der Waals surface area contributed by atoms with Crippen LogP contribution in [0.1, 0.15) is 16.7 Å². The van der Waals surface area contributed by atoms with Crippen molar-refractivity contribution in [3.05, 3.63) is 34.5 Å². The lowest BCUT2D eigenvalue weighted by Gasteiger charge is -1.96. The van der Waals surface area contributed by atoms with E-state index in [9.17, 15) is 9.18 Å². The zero-order chi connectivity index (χ0) is 12.3. The molecule has 2 aromatic rings. The Kier molecular flexibility index (Phi) is 3.43. The Labute approximate surface area is 101 Å². The van der Waals surface area contributed by atoms with Gasteiger partial charge >= 0.3 is 5.97 Å². The number of thiazole rings is 1. The van der Waals surface area contributed by atoms with Gasteiger partial charge in [-0.2, -0.15) is 0 Å². The molecule has 2 aromatic heterocycles. The number of rotatable bonds is 3. The van der Waals surface area contributed by atoms with Gasteiger partial charge < -0.3 is 4.74 Å². The first-order valence-corrected chi connectivity index (χ1v) is 5.83. The summed E-state index contributed by atoms with van der Waals surface area (Å²) in [7, 11) is 0. The SMILES string of the molecule is CCOC(=O)c1nc(-c2ccc(F)cn2)cs1. The van der Waals surface area contributed by atoms with Crippen LogP contribution in [0.15, 0.2) is 23.7 Å². The second kappa shape index (κ2) is 5.01. The van der Waals surface area contributed by atoms with Crippen molar-refractivity contribution >= 4 is 17.3 Å². The number of esters is 1. The maximum absolute atomic E-state index is 12.7. The number of carbonyl (C=O) groups excluding carboxylic acids is 1. The summed E-state index contributed by atoms with van der Waals surface area (Å²) < 4.78 is 17.5. The Balaban J connectivity index is 2.23. The van der Waals surface area contributed by atoms with E-state index in [4.69, 9.17) is 4.74 Å². The van der Waals surface area contributed by atoms with Crippen LogP contribution < -0.4 is 0 Å². The molecule has 0 aliphatic rings. The zero-order valence-electron chi connectivity index (χ0n) is 9.01. The van der Waals surface area contributed by atoms with Gasteiger partial charge in [-0.1, -0.05) is 0 Å². The monoisotopic (exact) mass is 252 g/mol. The van der Waals surface area contributed by atoms with E-state index in [1.54, 1.807) is 12.3 Å². The Morgan fingerprint density at radius 1 is 1.47 bits per heavy atom. The molecule has 0 aromatic carbocycles. The number of ether oxygens (including phenoxy) is 1. The summed E-state index contributed by atoms with van der Waals surface area (Å²) in [6.45, 7) is 2.04. The number of halogens is 1. The first-order valence-electron chi connectivity index (χ1n) is 4.95. The number of hydrogen-bond donors (Lipinski definition) is 0. The fraction of sp³-hybridized carbons (Fsp3) is 0.182. The van der Waals surface area contributed by atoms with Crippen LogP contribution >= 0.6 is 11.3 Å². The van der Waals surface area contributed by atoms with Crippen molar-refractivity contribution in [3.8, 4) is 11.4 Å². The van der Waals surface area contributed by atoms with Crippen LogP contribution in [0.5, 0.6) is 0 Å². The van der Waals surface area contributed by atoms with Gasteiger partial charge in [0.2, 0.25) is 5.01 Å².